The van der Waals surface area contributed by atoms with Crippen molar-refractivity contribution in [2.24, 2.45) is 35.5 Å². The average Bonchev–Trinajstić information content (AvgIpc) is 2.82. The summed E-state index contributed by atoms with van der Waals surface area (Å²) in [7, 11) is 0. The van der Waals surface area contributed by atoms with E-state index < -0.39 is 11.7 Å². The van der Waals surface area contributed by atoms with Crippen LogP contribution < -0.4 is 4.74 Å². The van der Waals surface area contributed by atoms with Crippen molar-refractivity contribution in [3.63, 3.8) is 0 Å². The standard InChI is InChI=1S/C28H37F3O2/c1-2-3-5-19-8-10-20(11-9-19)21-12-17-25-22(18-21)6-4-7-26(25)27(32)33-24-15-13-23(14-16-24)28(29,30)31/h2,13-16,19-22,25-26H,1,3-12,17-18H2. The van der Waals surface area contributed by atoms with Gasteiger partial charge in [-0.05, 0) is 105 Å². The molecule has 0 radical (unpaired) electrons. The first kappa shape index (κ1) is 24.3. The van der Waals surface area contributed by atoms with E-state index in [1.165, 1.54) is 63.5 Å². The van der Waals surface area contributed by atoms with Gasteiger partial charge in [0.1, 0.15) is 5.75 Å². The summed E-state index contributed by atoms with van der Waals surface area (Å²) < 4.78 is 43.9. The molecule has 4 unspecified atom stereocenters. The molecule has 33 heavy (non-hydrogen) atoms. The van der Waals surface area contributed by atoms with Crippen LogP contribution in [0.3, 0.4) is 0 Å². The predicted octanol–water partition coefficient (Wildman–Crippen LogP) is 8.22. The molecule has 0 aliphatic heterocycles. The Kier molecular flexibility index (Phi) is 7.86. The lowest BCUT2D eigenvalue weighted by molar-refractivity contribution is -0.144. The first-order valence-electron chi connectivity index (χ1n) is 12.8. The van der Waals surface area contributed by atoms with Gasteiger partial charge in [0.2, 0.25) is 0 Å². The molecule has 3 fully saturated rings. The van der Waals surface area contributed by atoms with Crippen molar-refractivity contribution in [1.29, 1.82) is 0 Å². The van der Waals surface area contributed by atoms with Gasteiger partial charge in [-0.1, -0.05) is 31.8 Å². The molecule has 0 spiro atoms. The van der Waals surface area contributed by atoms with Crippen molar-refractivity contribution < 1.29 is 22.7 Å². The number of carbonyl (C=O) groups is 1. The van der Waals surface area contributed by atoms with Crippen LogP contribution in [-0.2, 0) is 11.0 Å². The highest BCUT2D eigenvalue weighted by atomic mass is 19.4. The molecule has 0 N–H and O–H groups in total. The molecule has 0 saturated heterocycles. The first-order valence-corrected chi connectivity index (χ1v) is 12.8. The summed E-state index contributed by atoms with van der Waals surface area (Å²) in [4.78, 5) is 13.0. The van der Waals surface area contributed by atoms with Crippen molar-refractivity contribution in [1.82, 2.24) is 0 Å². The summed E-state index contributed by atoms with van der Waals surface area (Å²) in [6.07, 6.45) is 12.1. The molecule has 5 heteroatoms. The second kappa shape index (κ2) is 10.7. The molecular formula is C28H37F3O2. The molecule has 4 rings (SSSR count). The zero-order chi connectivity index (χ0) is 23.4. The average molecular weight is 463 g/mol. The van der Waals surface area contributed by atoms with Gasteiger partial charge < -0.3 is 4.74 Å². The van der Waals surface area contributed by atoms with Gasteiger partial charge in [-0.25, -0.2) is 0 Å². The van der Waals surface area contributed by atoms with E-state index in [0.29, 0.717) is 11.8 Å². The number of rotatable bonds is 6. The van der Waals surface area contributed by atoms with Crippen molar-refractivity contribution in [3.8, 4) is 5.75 Å². The van der Waals surface area contributed by atoms with Gasteiger partial charge in [0.15, 0.2) is 0 Å². The van der Waals surface area contributed by atoms with Crippen LogP contribution in [-0.4, -0.2) is 5.97 Å². The smallest absolute Gasteiger partial charge is 0.416 e. The van der Waals surface area contributed by atoms with Gasteiger partial charge in [-0.3, -0.25) is 4.79 Å². The van der Waals surface area contributed by atoms with Gasteiger partial charge in [-0.15, -0.1) is 6.58 Å². The fourth-order valence-electron chi connectivity index (χ4n) is 6.93. The molecule has 0 bridgehead atoms. The Balaban J connectivity index is 1.30. The van der Waals surface area contributed by atoms with Crippen LogP contribution >= 0.6 is 0 Å². The number of benzene rings is 1. The fourth-order valence-corrected chi connectivity index (χ4v) is 6.93. The summed E-state index contributed by atoms with van der Waals surface area (Å²) in [5.74, 6) is 3.27. The SMILES string of the molecule is C=CCCC1CCC(C2CCC3C(CCCC3C(=O)Oc3ccc(C(F)(F)F)cc3)C2)CC1. The third-order valence-electron chi connectivity index (χ3n) is 8.73. The Morgan fingerprint density at radius 1 is 0.939 bits per heavy atom. The molecule has 0 aromatic heterocycles. The Morgan fingerprint density at radius 3 is 2.30 bits per heavy atom. The second-order valence-corrected chi connectivity index (χ2v) is 10.6. The number of ether oxygens (including phenoxy) is 1. The quantitative estimate of drug-likeness (QED) is 0.242. The van der Waals surface area contributed by atoms with E-state index in [2.05, 4.69) is 6.58 Å². The molecule has 0 heterocycles. The van der Waals surface area contributed by atoms with E-state index in [0.717, 1.165) is 55.6 Å². The molecule has 3 aliphatic rings. The van der Waals surface area contributed by atoms with Crippen LogP contribution in [0.5, 0.6) is 5.75 Å². The molecule has 0 amide bonds. The van der Waals surface area contributed by atoms with Gasteiger partial charge >= 0.3 is 12.1 Å². The number of alkyl halides is 3. The fraction of sp³-hybridized carbons (Fsp3) is 0.679. The number of hydrogen-bond acceptors (Lipinski definition) is 2. The summed E-state index contributed by atoms with van der Waals surface area (Å²) in [5, 5.41) is 0. The zero-order valence-electron chi connectivity index (χ0n) is 19.5. The topological polar surface area (TPSA) is 26.3 Å². The number of carbonyl (C=O) groups excluding carboxylic acids is 1. The van der Waals surface area contributed by atoms with E-state index in [-0.39, 0.29) is 17.6 Å². The van der Waals surface area contributed by atoms with Crippen LogP contribution in [0.25, 0.3) is 0 Å². The van der Waals surface area contributed by atoms with E-state index >= 15 is 0 Å². The lowest BCUT2D eigenvalue weighted by Crippen LogP contribution is -2.40. The van der Waals surface area contributed by atoms with Crippen LogP contribution in [0.1, 0.15) is 82.6 Å². The minimum Gasteiger partial charge on any atom is -0.426 e. The largest absolute Gasteiger partial charge is 0.426 e. The molecule has 4 atom stereocenters. The minimum atomic E-state index is -4.39. The van der Waals surface area contributed by atoms with Crippen LogP contribution in [0.2, 0.25) is 0 Å². The molecule has 3 aliphatic carbocycles. The lowest BCUT2D eigenvalue weighted by atomic mass is 9.59. The van der Waals surface area contributed by atoms with Crippen molar-refractivity contribution in [2.75, 3.05) is 0 Å². The van der Waals surface area contributed by atoms with Crippen molar-refractivity contribution >= 4 is 5.97 Å². The number of hydrogen-bond donors (Lipinski definition) is 0. The Labute approximate surface area is 196 Å². The zero-order valence-corrected chi connectivity index (χ0v) is 19.5. The third kappa shape index (κ3) is 6.02. The minimum absolute atomic E-state index is 0.123. The molecule has 3 saturated carbocycles. The van der Waals surface area contributed by atoms with Gasteiger partial charge in [0.05, 0.1) is 11.5 Å². The maximum absolute atomic E-state index is 13.0. The Hall–Kier alpha value is -1.78. The van der Waals surface area contributed by atoms with Gasteiger partial charge in [0.25, 0.3) is 0 Å². The highest BCUT2D eigenvalue weighted by Crippen LogP contribution is 2.50. The molecular weight excluding hydrogens is 425 g/mol. The summed E-state index contributed by atoms with van der Waals surface area (Å²) in [6, 6.07) is 4.46. The molecule has 1 aromatic carbocycles. The Bertz CT molecular complexity index is 792. The molecule has 2 nitrogen and oxygen atoms in total. The van der Waals surface area contributed by atoms with E-state index in [4.69, 9.17) is 4.74 Å². The maximum atomic E-state index is 13.0. The molecule has 182 valence electrons. The number of esters is 1. The number of allylic oxidation sites excluding steroid dienone is 1. The van der Waals surface area contributed by atoms with E-state index in [1.807, 2.05) is 6.08 Å². The monoisotopic (exact) mass is 462 g/mol. The first-order chi connectivity index (χ1) is 15.8. The van der Waals surface area contributed by atoms with Gasteiger partial charge in [-0.2, -0.15) is 13.2 Å². The number of halogens is 3. The van der Waals surface area contributed by atoms with Crippen molar-refractivity contribution in [2.45, 2.75) is 83.2 Å². The highest BCUT2D eigenvalue weighted by molar-refractivity contribution is 5.75. The summed E-state index contributed by atoms with van der Waals surface area (Å²) in [5.41, 5.74) is -0.729. The van der Waals surface area contributed by atoms with Crippen LogP contribution in [0, 0.1) is 35.5 Å². The summed E-state index contributed by atoms with van der Waals surface area (Å²) >= 11 is 0. The normalized spacial score (nSPS) is 32.6. The Morgan fingerprint density at radius 2 is 1.64 bits per heavy atom. The number of fused-ring (bicyclic) bond motifs is 1. The maximum Gasteiger partial charge on any atom is 0.416 e. The van der Waals surface area contributed by atoms with Crippen molar-refractivity contribution in [3.05, 3.63) is 42.5 Å². The predicted molar refractivity (Wildman–Crippen MR) is 124 cm³/mol. The highest BCUT2D eigenvalue weighted by Gasteiger charge is 2.43. The second-order valence-electron chi connectivity index (χ2n) is 10.6. The van der Waals surface area contributed by atoms with Gasteiger partial charge in [0, 0.05) is 0 Å². The molecule has 1 aromatic rings. The van der Waals surface area contributed by atoms with Crippen LogP contribution in [0.15, 0.2) is 36.9 Å². The lowest BCUT2D eigenvalue weighted by Gasteiger charge is -2.46. The van der Waals surface area contributed by atoms with E-state index in [1.54, 1.807) is 0 Å². The summed E-state index contributed by atoms with van der Waals surface area (Å²) in [6.45, 7) is 3.85. The van der Waals surface area contributed by atoms with Crippen LogP contribution in [0.4, 0.5) is 13.2 Å². The van der Waals surface area contributed by atoms with E-state index in [9.17, 15) is 18.0 Å². The third-order valence-corrected chi connectivity index (χ3v) is 8.73.